The molecule has 0 heterocycles. The largest absolute Gasteiger partial charge is 4.00 e. The van der Waals surface area contributed by atoms with E-state index in [4.69, 9.17) is 0 Å². The Morgan fingerprint density at radius 3 is 1.37 bits per heavy atom. The summed E-state index contributed by atoms with van der Waals surface area (Å²) < 4.78 is 0. The smallest absolute Gasteiger partial charge is 1.00 e. The van der Waals surface area contributed by atoms with Crippen molar-refractivity contribution in [3.8, 4) is 0 Å². The fraction of sp³-hybridized carbons (Fsp3) is 0.129. The van der Waals surface area contributed by atoms with Gasteiger partial charge < -0.3 is 37.2 Å². The summed E-state index contributed by atoms with van der Waals surface area (Å²) in [6, 6.07) is 40.4. The molecule has 0 aromatic heterocycles. The first-order valence-electron chi connectivity index (χ1n) is 11.0. The predicted octanol–water partition coefficient (Wildman–Crippen LogP) is -1.12. The molecule has 0 radical (unpaired) electrons. The van der Waals surface area contributed by atoms with Gasteiger partial charge in [-0.05, 0) is 37.5 Å². The van der Waals surface area contributed by atoms with E-state index in [-0.39, 0.29) is 58.9 Å². The molecule has 35 heavy (non-hydrogen) atoms. The summed E-state index contributed by atoms with van der Waals surface area (Å²) >= 11 is 0. The van der Waals surface area contributed by atoms with Crippen LogP contribution in [-0.2, 0) is 27.1 Å². The molecule has 0 saturated heterocycles. The molecular formula is C31H27Cl3Ti. The summed E-state index contributed by atoms with van der Waals surface area (Å²) in [5.74, 6) is 0. The third-order valence-electron chi connectivity index (χ3n) is 6.44. The summed E-state index contributed by atoms with van der Waals surface area (Å²) in [5.41, 5.74) is 8.69. The number of hydrogen-bond acceptors (Lipinski definition) is 0. The SMILES string of the molecule is Cc1cccc(C(c2cccc(C)c2)(c2cccc(C)c2)[c-]2ccc3ccccc32)c1.[Cl-].[Cl-].[Cl-].[Ti+4]. The van der Waals surface area contributed by atoms with Crippen LogP contribution in [0.1, 0.15) is 38.9 Å². The van der Waals surface area contributed by atoms with Gasteiger partial charge in [-0.1, -0.05) is 95.6 Å². The minimum Gasteiger partial charge on any atom is -1.00 e. The average Bonchev–Trinajstić information content (AvgIpc) is 3.19. The second-order valence-corrected chi connectivity index (χ2v) is 8.69. The van der Waals surface area contributed by atoms with Crippen LogP contribution in [0.5, 0.6) is 0 Å². The summed E-state index contributed by atoms with van der Waals surface area (Å²) in [4.78, 5) is 0. The number of aryl methyl sites for hydroxylation is 3. The second-order valence-electron chi connectivity index (χ2n) is 8.69. The van der Waals surface area contributed by atoms with Crippen LogP contribution in [0.15, 0.2) is 109 Å². The van der Waals surface area contributed by atoms with Crippen molar-refractivity contribution in [1.82, 2.24) is 0 Å². The zero-order valence-electron chi connectivity index (χ0n) is 20.0. The van der Waals surface area contributed by atoms with Crippen LogP contribution in [-0.4, -0.2) is 0 Å². The van der Waals surface area contributed by atoms with Crippen LogP contribution < -0.4 is 37.2 Å². The molecule has 0 atom stereocenters. The number of benzene rings is 4. The van der Waals surface area contributed by atoms with E-state index in [1.807, 2.05) is 0 Å². The topological polar surface area (TPSA) is 0 Å². The molecule has 4 heteroatoms. The Balaban J connectivity index is 0.00000153. The first-order valence-corrected chi connectivity index (χ1v) is 11.0. The Kier molecular flexibility index (Phi) is 11.4. The van der Waals surface area contributed by atoms with Gasteiger partial charge in [0.25, 0.3) is 0 Å². The molecule has 0 N–H and O–H groups in total. The number of rotatable bonds is 4. The normalized spacial score (nSPS) is 10.4. The van der Waals surface area contributed by atoms with Gasteiger partial charge in [0.2, 0.25) is 0 Å². The number of hydrogen-bond donors (Lipinski definition) is 0. The van der Waals surface area contributed by atoms with Crippen molar-refractivity contribution in [3.05, 3.63) is 148 Å². The summed E-state index contributed by atoms with van der Waals surface area (Å²) in [5, 5.41) is 2.60. The van der Waals surface area contributed by atoms with Gasteiger partial charge in [0.05, 0.1) is 0 Å². The van der Waals surface area contributed by atoms with E-state index in [1.54, 1.807) is 0 Å². The van der Waals surface area contributed by atoms with Crippen LogP contribution >= 0.6 is 0 Å². The minimum absolute atomic E-state index is 0. The monoisotopic (exact) mass is 552 g/mol. The first-order chi connectivity index (χ1) is 15.1. The van der Waals surface area contributed by atoms with Crippen molar-refractivity contribution in [1.29, 1.82) is 0 Å². The fourth-order valence-corrected chi connectivity index (χ4v) is 5.08. The van der Waals surface area contributed by atoms with E-state index < -0.39 is 5.41 Å². The van der Waals surface area contributed by atoms with Crippen molar-refractivity contribution in [2.45, 2.75) is 26.2 Å². The fourth-order valence-electron chi connectivity index (χ4n) is 5.08. The van der Waals surface area contributed by atoms with Gasteiger partial charge in [0.1, 0.15) is 0 Å². The van der Waals surface area contributed by atoms with Crippen LogP contribution in [0.4, 0.5) is 0 Å². The van der Waals surface area contributed by atoms with E-state index in [1.165, 1.54) is 49.7 Å². The molecule has 176 valence electrons. The third-order valence-corrected chi connectivity index (χ3v) is 6.44. The molecular weight excluding hydrogens is 527 g/mol. The Labute approximate surface area is 242 Å². The second kappa shape index (κ2) is 12.9. The zero-order valence-corrected chi connectivity index (χ0v) is 23.9. The molecule has 0 fully saturated rings. The van der Waals surface area contributed by atoms with E-state index in [0.717, 1.165) is 0 Å². The molecule has 0 aliphatic carbocycles. The van der Waals surface area contributed by atoms with Gasteiger partial charge in [-0.3, -0.25) is 0 Å². The van der Waals surface area contributed by atoms with E-state index in [9.17, 15) is 0 Å². The number of halogens is 3. The molecule has 0 aliphatic heterocycles. The Bertz CT molecular complexity index is 1280. The zero-order chi connectivity index (χ0) is 21.4. The maximum Gasteiger partial charge on any atom is 4.00 e. The van der Waals surface area contributed by atoms with Crippen molar-refractivity contribution in [2.75, 3.05) is 0 Å². The molecule has 5 rings (SSSR count). The van der Waals surface area contributed by atoms with Crippen LogP contribution in [0.3, 0.4) is 0 Å². The van der Waals surface area contributed by atoms with E-state index >= 15 is 0 Å². The first kappa shape index (κ1) is 31.1. The quantitative estimate of drug-likeness (QED) is 0.150. The van der Waals surface area contributed by atoms with Gasteiger partial charge in [-0.25, -0.2) is 0 Å². The Morgan fingerprint density at radius 2 is 0.943 bits per heavy atom. The maximum absolute atomic E-state index is 2.35. The standard InChI is InChI=1S/C31H27.3ClH.Ti/c1-22-9-6-13-26(19-22)31(27-14-7-10-23(2)20-27,28-15-8-11-24(3)21-28)30-18-17-25-12-4-5-16-29(25)30;;;;/h4-21H,1-3H3;3*1H;/q-1;;;;+4/p-3. The van der Waals surface area contributed by atoms with Gasteiger partial charge in [-0.2, -0.15) is 6.07 Å². The minimum atomic E-state index is -0.396. The average molecular weight is 554 g/mol. The van der Waals surface area contributed by atoms with Crippen LogP contribution in [0, 0.1) is 20.8 Å². The predicted molar refractivity (Wildman–Crippen MR) is 132 cm³/mol. The van der Waals surface area contributed by atoms with Gasteiger partial charge >= 0.3 is 21.7 Å². The van der Waals surface area contributed by atoms with Crippen molar-refractivity contribution < 1.29 is 58.9 Å². The van der Waals surface area contributed by atoms with Crippen molar-refractivity contribution >= 4 is 10.8 Å². The third kappa shape index (κ3) is 5.58. The molecule has 0 amide bonds. The molecule has 0 bridgehead atoms. The summed E-state index contributed by atoms with van der Waals surface area (Å²) in [7, 11) is 0. The Hall–Kier alpha value is -1.93. The molecule has 0 unspecified atom stereocenters. The van der Waals surface area contributed by atoms with Gasteiger partial charge in [-0.15, -0.1) is 40.6 Å². The van der Waals surface area contributed by atoms with E-state index in [0.29, 0.717) is 0 Å². The molecule has 5 aromatic carbocycles. The van der Waals surface area contributed by atoms with Gasteiger partial charge in [0, 0.05) is 5.41 Å². The van der Waals surface area contributed by atoms with E-state index in [2.05, 4.69) is 130 Å². The summed E-state index contributed by atoms with van der Waals surface area (Å²) in [6.07, 6.45) is 0. The van der Waals surface area contributed by atoms with Gasteiger partial charge in [0.15, 0.2) is 0 Å². The van der Waals surface area contributed by atoms with Crippen LogP contribution in [0.25, 0.3) is 10.8 Å². The molecule has 0 spiro atoms. The van der Waals surface area contributed by atoms with Crippen molar-refractivity contribution in [3.63, 3.8) is 0 Å². The maximum atomic E-state index is 2.35. The van der Waals surface area contributed by atoms with Crippen LogP contribution in [0.2, 0.25) is 0 Å². The van der Waals surface area contributed by atoms with Crippen molar-refractivity contribution in [2.24, 2.45) is 0 Å². The molecule has 0 saturated carbocycles. The molecule has 5 aromatic rings. The number of fused-ring (bicyclic) bond motifs is 1. The molecule has 0 aliphatic rings. The summed E-state index contributed by atoms with van der Waals surface area (Å²) in [6.45, 7) is 6.55. The molecule has 0 nitrogen and oxygen atoms in total. The Morgan fingerprint density at radius 1 is 0.514 bits per heavy atom.